The van der Waals surface area contributed by atoms with Gasteiger partial charge in [0.25, 0.3) is 0 Å². The van der Waals surface area contributed by atoms with E-state index < -0.39 is 17.6 Å². The van der Waals surface area contributed by atoms with Crippen LogP contribution >= 0.6 is 0 Å². The molecule has 0 aliphatic carbocycles. The number of hydrogen-bond acceptors (Lipinski definition) is 4. The van der Waals surface area contributed by atoms with Crippen LogP contribution in [-0.2, 0) is 11.3 Å². The number of carbonyl (C=O) groups is 2. The number of rotatable bonds is 9. The molecule has 1 unspecified atom stereocenters. The Morgan fingerprint density at radius 1 is 1.17 bits per heavy atom. The highest BCUT2D eigenvalue weighted by molar-refractivity contribution is 5.92. The van der Waals surface area contributed by atoms with Crippen molar-refractivity contribution in [2.24, 2.45) is 10.7 Å². The maximum atomic E-state index is 11.9. The van der Waals surface area contributed by atoms with E-state index in [4.69, 9.17) is 10.5 Å². The minimum atomic E-state index is -0.530. The van der Waals surface area contributed by atoms with Crippen LogP contribution < -0.4 is 21.7 Å². The van der Waals surface area contributed by atoms with Crippen molar-refractivity contribution in [1.82, 2.24) is 16.0 Å². The third-order valence-corrected chi connectivity index (χ3v) is 4.06. The van der Waals surface area contributed by atoms with Crippen LogP contribution in [0, 0.1) is 0 Å². The molecule has 8 nitrogen and oxygen atoms in total. The molecule has 0 radical (unpaired) electrons. The van der Waals surface area contributed by atoms with Gasteiger partial charge < -0.3 is 26.4 Å². The fraction of sp³-hybridized carbons (Fsp3) is 0.571. The lowest BCUT2D eigenvalue weighted by Crippen LogP contribution is -2.48. The zero-order chi connectivity index (χ0) is 21.9. The van der Waals surface area contributed by atoms with E-state index in [1.165, 1.54) is 0 Å². The Morgan fingerprint density at radius 2 is 1.83 bits per heavy atom. The summed E-state index contributed by atoms with van der Waals surface area (Å²) in [5.74, 6) is 0.189. The number of aliphatic imine (C=N–C) groups is 1. The number of guanidine groups is 1. The van der Waals surface area contributed by atoms with Crippen molar-refractivity contribution in [3.63, 3.8) is 0 Å². The van der Waals surface area contributed by atoms with Gasteiger partial charge in [0.1, 0.15) is 5.60 Å². The number of ether oxygens (including phenoxy) is 1. The predicted octanol–water partition coefficient (Wildman–Crippen LogP) is 2.53. The summed E-state index contributed by atoms with van der Waals surface area (Å²) in [5, 5.41) is 9.42. The number of primary amides is 1. The molecule has 0 aliphatic rings. The van der Waals surface area contributed by atoms with Crippen LogP contribution in [0.5, 0.6) is 0 Å². The van der Waals surface area contributed by atoms with Gasteiger partial charge in [0, 0.05) is 31.7 Å². The lowest BCUT2D eigenvalue weighted by Gasteiger charge is -2.24. The molecule has 0 saturated heterocycles. The second-order valence-corrected chi connectivity index (χ2v) is 7.85. The third-order valence-electron chi connectivity index (χ3n) is 4.06. The van der Waals surface area contributed by atoms with Gasteiger partial charge in [-0.1, -0.05) is 31.9 Å². The van der Waals surface area contributed by atoms with Crippen LogP contribution in [0.15, 0.2) is 29.3 Å². The summed E-state index contributed by atoms with van der Waals surface area (Å²) in [7, 11) is 1.70. The number of unbranched alkanes of at least 4 members (excludes halogenated alkanes) is 1. The molecule has 29 heavy (non-hydrogen) atoms. The Hall–Kier alpha value is -2.77. The van der Waals surface area contributed by atoms with Crippen molar-refractivity contribution < 1.29 is 14.3 Å². The van der Waals surface area contributed by atoms with Crippen molar-refractivity contribution in [2.75, 3.05) is 13.6 Å². The monoisotopic (exact) mass is 405 g/mol. The van der Waals surface area contributed by atoms with Gasteiger partial charge in [-0.05, 0) is 44.9 Å². The molecule has 0 bridgehead atoms. The molecule has 0 fully saturated rings. The lowest BCUT2D eigenvalue weighted by molar-refractivity contribution is 0.0522. The van der Waals surface area contributed by atoms with E-state index in [-0.39, 0.29) is 6.04 Å². The van der Waals surface area contributed by atoms with Crippen LogP contribution in [0.3, 0.4) is 0 Å². The Morgan fingerprint density at radius 3 is 2.34 bits per heavy atom. The second kappa shape index (κ2) is 11.9. The average molecular weight is 406 g/mol. The van der Waals surface area contributed by atoms with Gasteiger partial charge in [-0.2, -0.15) is 0 Å². The zero-order valence-electron chi connectivity index (χ0n) is 18.2. The number of nitrogens with two attached hydrogens (primary N) is 1. The van der Waals surface area contributed by atoms with Gasteiger partial charge in [0.05, 0.1) is 0 Å². The predicted molar refractivity (Wildman–Crippen MR) is 116 cm³/mol. The number of alkyl carbamates (subject to hydrolysis) is 1. The van der Waals surface area contributed by atoms with Gasteiger partial charge in [-0.3, -0.25) is 9.79 Å². The van der Waals surface area contributed by atoms with Crippen LogP contribution in [0.1, 0.15) is 62.9 Å². The quantitative estimate of drug-likeness (QED) is 0.372. The maximum Gasteiger partial charge on any atom is 0.407 e. The number of benzene rings is 1. The third kappa shape index (κ3) is 10.4. The summed E-state index contributed by atoms with van der Waals surface area (Å²) in [5.41, 5.74) is 6.20. The average Bonchev–Trinajstić information content (AvgIpc) is 2.65. The minimum absolute atomic E-state index is 0.0194. The van der Waals surface area contributed by atoms with Gasteiger partial charge in [-0.15, -0.1) is 0 Å². The molecule has 2 amide bonds. The van der Waals surface area contributed by atoms with Crippen molar-refractivity contribution in [3.05, 3.63) is 35.4 Å². The molecule has 0 aromatic heterocycles. The zero-order valence-corrected chi connectivity index (χ0v) is 18.2. The highest BCUT2D eigenvalue weighted by atomic mass is 16.6. The summed E-state index contributed by atoms with van der Waals surface area (Å²) in [4.78, 5) is 27.4. The van der Waals surface area contributed by atoms with Gasteiger partial charge in [0.15, 0.2) is 5.96 Å². The molecule has 1 aromatic rings. The molecule has 162 valence electrons. The van der Waals surface area contributed by atoms with Crippen LogP contribution in [0.25, 0.3) is 0 Å². The smallest absolute Gasteiger partial charge is 0.407 e. The summed E-state index contributed by atoms with van der Waals surface area (Å²) in [6.07, 6.45) is 2.54. The number of nitrogens with zero attached hydrogens (tertiary/aromatic N) is 1. The van der Waals surface area contributed by atoms with Crippen molar-refractivity contribution in [1.29, 1.82) is 0 Å². The van der Waals surface area contributed by atoms with Crippen LogP contribution in [0.2, 0.25) is 0 Å². The standard InChI is InChI=1S/C21H35N5O3/c1-6-7-8-17(14-25-20(28)29-21(2,3)4)26-19(23-5)24-13-15-9-11-16(12-10-15)18(22)27/h9-12,17H,6-8,13-14H2,1-5H3,(H2,22,27)(H,25,28)(H2,23,24,26). The molecular formula is C21H35N5O3. The Bertz CT molecular complexity index is 681. The molecule has 8 heteroatoms. The molecule has 0 aliphatic heterocycles. The van der Waals surface area contributed by atoms with E-state index in [0.717, 1.165) is 24.8 Å². The van der Waals surface area contributed by atoms with Crippen LogP contribution in [-0.4, -0.2) is 43.2 Å². The molecule has 1 atom stereocenters. The van der Waals surface area contributed by atoms with E-state index in [0.29, 0.717) is 24.6 Å². The van der Waals surface area contributed by atoms with Crippen molar-refractivity contribution in [2.45, 2.75) is 65.1 Å². The first-order valence-corrected chi connectivity index (χ1v) is 9.97. The van der Waals surface area contributed by atoms with Crippen molar-refractivity contribution >= 4 is 18.0 Å². The first kappa shape index (κ1) is 24.3. The van der Waals surface area contributed by atoms with Crippen LogP contribution in [0.4, 0.5) is 4.79 Å². The topological polar surface area (TPSA) is 118 Å². The Balaban J connectivity index is 2.60. The Labute approximate surface area is 173 Å². The molecule has 1 aromatic carbocycles. The van der Waals surface area contributed by atoms with E-state index in [1.807, 2.05) is 32.9 Å². The molecule has 0 saturated carbocycles. The first-order valence-electron chi connectivity index (χ1n) is 9.97. The molecule has 0 heterocycles. The molecule has 0 spiro atoms. The van der Waals surface area contributed by atoms with Gasteiger partial charge in [-0.25, -0.2) is 4.79 Å². The molecule has 1 rings (SSSR count). The summed E-state index contributed by atoms with van der Waals surface area (Å²) in [6.45, 7) is 8.60. The minimum Gasteiger partial charge on any atom is -0.444 e. The SMILES string of the molecule is CCCCC(CNC(=O)OC(C)(C)C)NC(=NC)NCc1ccc(C(N)=O)cc1. The van der Waals surface area contributed by atoms with E-state index >= 15 is 0 Å². The van der Waals surface area contributed by atoms with Gasteiger partial charge in [0.2, 0.25) is 5.91 Å². The number of carbonyl (C=O) groups excluding carboxylic acids is 2. The molecular weight excluding hydrogens is 370 g/mol. The molecule has 5 N–H and O–H groups in total. The summed E-state index contributed by atoms with van der Waals surface area (Å²) < 4.78 is 5.30. The van der Waals surface area contributed by atoms with Gasteiger partial charge >= 0.3 is 6.09 Å². The van der Waals surface area contributed by atoms with E-state index in [2.05, 4.69) is 27.9 Å². The lowest BCUT2D eigenvalue weighted by atomic mass is 10.1. The second-order valence-electron chi connectivity index (χ2n) is 7.85. The summed E-state index contributed by atoms with van der Waals surface area (Å²) >= 11 is 0. The van der Waals surface area contributed by atoms with E-state index in [9.17, 15) is 9.59 Å². The fourth-order valence-electron chi connectivity index (χ4n) is 2.56. The number of hydrogen-bond donors (Lipinski definition) is 4. The number of amides is 2. The maximum absolute atomic E-state index is 11.9. The highest BCUT2D eigenvalue weighted by Crippen LogP contribution is 2.07. The highest BCUT2D eigenvalue weighted by Gasteiger charge is 2.18. The van der Waals surface area contributed by atoms with Crippen molar-refractivity contribution in [3.8, 4) is 0 Å². The largest absolute Gasteiger partial charge is 0.444 e. The summed E-state index contributed by atoms with van der Waals surface area (Å²) in [6, 6.07) is 7.11. The fourth-order valence-corrected chi connectivity index (χ4v) is 2.56. The van der Waals surface area contributed by atoms with E-state index in [1.54, 1.807) is 19.2 Å². The number of nitrogens with one attached hydrogen (secondary N) is 3. The normalized spacial score (nSPS) is 12.8. The Kier molecular flexibility index (Phi) is 9.99. The first-order chi connectivity index (χ1) is 13.6.